The Hall–Kier alpha value is -1.33. The van der Waals surface area contributed by atoms with Crippen LogP contribution in [-0.2, 0) is 10.2 Å². The maximum atomic E-state index is 12.3. The van der Waals surface area contributed by atoms with E-state index in [0.29, 0.717) is 5.52 Å². The number of aromatic nitrogens is 1. The normalized spacial score (nSPS) is 13.1. The van der Waals surface area contributed by atoms with Crippen LogP contribution in [0.1, 0.15) is 26.3 Å². The summed E-state index contributed by atoms with van der Waals surface area (Å²) in [7, 11) is -3.56. The van der Waals surface area contributed by atoms with Gasteiger partial charge in [0, 0.05) is 17.1 Å². The first-order valence-electron chi connectivity index (χ1n) is 5.82. The van der Waals surface area contributed by atoms with Crippen LogP contribution < -0.4 is 4.72 Å². The van der Waals surface area contributed by atoms with Gasteiger partial charge >= 0.3 is 10.2 Å². The van der Waals surface area contributed by atoms with Gasteiger partial charge in [0.25, 0.3) is 0 Å². The largest absolute Gasteiger partial charge is 0.305 e. The lowest BCUT2D eigenvalue weighted by Crippen LogP contribution is -2.43. The molecular weight excluding hydrogens is 248 g/mol. The molecule has 0 unspecified atom stereocenters. The number of benzene rings is 1. The van der Waals surface area contributed by atoms with Crippen LogP contribution in [0.5, 0.6) is 0 Å². The van der Waals surface area contributed by atoms with Gasteiger partial charge in [0.15, 0.2) is 0 Å². The second-order valence-corrected chi connectivity index (χ2v) is 7.03. The number of hydrogen-bond donors (Lipinski definition) is 1. The first-order chi connectivity index (χ1) is 8.21. The van der Waals surface area contributed by atoms with Crippen molar-refractivity contribution in [3.63, 3.8) is 0 Å². The molecule has 0 fully saturated rings. The minimum absolute atomic E-state index is 0.502. The molecule has 1 aromatic carbocycles. The number of aryl methyl sites for hydroxylation is 1. The summed E-state index contributed by atoms with van der Waals surface area (Å²) in [6.07, 6.45) is 1.65. The lowest BCUT2D eigenvalue weighted by molar-refractivity contribution is 0.487. The summed E-state index contributed by atoms with van der Waals surface area (Å²) in [6.45, 7) is 7.38. The van der Waals surface area contributed by atoms with Crippen molar-refractivity contribution in [1.82, 2.24) is 8.69 Å². The van der Waals surface area contributed by atoms with E-state index >= 15 is 0 Å². The molecule has 0 aliphatic carbocycles. The third-order valence-corrected chi connectivity index (χ3v) is 4.26. The Bertz CT molecular complexity index is 679. The fourth-order valence-corrected chi connectivity index (χ4v) is 3.54. The van der Waals surface area contributed by atoms with E-state index in [1.165, 1.54) is 3.97 Å². The number of nitrogens with zero attached hydrogens (tertiary/aromatic N) is 1. The van der Waals surface area contributed by atoms with Crippen molar-refractivity contribution in [2.24, 2.45) is 0 Å². The molecule has 0 atom stereocenters. The van der Waals surface area contributed by atoms with Gasteiger partial charge < -0.3 is 0 Å². The maximum Gasteiger partial charge on any atom is 0.305 e. The van der Waals surface area contributed by atoms with E-state index in [1.807, 2.05) is 52.0 Å². The second-order valence-electron chi connectivity index (χ2n) is 5.48. The van der Waals surface area contributed by atoms with Crippen molar-refractivity contribution in [3.8, 4) is 0 Å². The third-order valence-electron chi connectivity index (χ3n) is 2.57. The van der Waals surface area contributed by atoms with Gasteiger partial charge in [0.1, 0.15) is 0 Å². The van der Waals surface area contributed by atoms with Crippen molar-refractivity contribution in [2.45, 2.75) is 33.2 Å². The van der Waals surface area contributed by atoms with Crippen LogP contribution in [0.3, 0.4) is 0 Å². The summed E-state index contributed by atoms with van der Waals surface area (Å²) in [4.78, 5) is 0. The molecular formula is C13H18N2O2S. The monoisotopic (exact) mass is 266 g/mol. The van der Waals surface area contributed by atoms with E-state index in [1.54, 1.807) is 6.20 Å². The lowest BCUT2D eigenvalue weighted by Gasteiger charge is -2.21. The molecule has 5 heteroatoms. The summed E-state index contributed by atoms with van der Waals surface area (Å²) in [5.41, 5.74) is 1.15. The van der Waals surface area contributed by atoms with E-state index in [4.69, 9.17) is 0 Å². The number of rotatable bonds is 2. The Morgan fingerprint density at radius 2 is 1.78 bits per heavy atom. The highest BCUT2D eigenvalue weighted by molar-refractivity contribution is 7.88. The molecule has 0 aliphatic heterocycles. The Labute approximate surface area is 108 Å². The Kier molecular flexibility index (Phi) is 2.99. The molecule has 0 saturated heterocycles. The van der Waals surface area contributed by atoms with Crippen LogP contribution in [0.4, 0.5) is 0 Å². The predicted octanol–water partition coefficient (Wildman–Crippen LogP) is 2.43. The highest BCUT2D eigenvalue weighted by Gasteiger charge is 2.23. The van der Waals surface area contributed by atoms with E-state index < -0.39 is 15.7 Å². The Morgan fingerprint density at radius 3 is 2.39 bits per heavy atom. The summed E-state index contributed by atoms with van der Waals surface area (Å²) in [5, 5.41) is 0.955. The molecule has 1 heterocycles. The highest BCUT2D eigenvalue weighted by atomic mass is 32.2. The first-order valence-corrected chi connectivity index (χ1v) is 7.26. The zero-order valence-corrected chi connectivity index (χ0v) is 11.9. The fourth-order valence-electron chi connectivity index (χ4n) is 1.95. The third kappa shape index (κ3) is 2.42. The average molecular weight is 266 g/mol. The maximum absolute atomic E-state index is 12.3. The van der Waals surface area contributed by atoms with Gasteiger partial charge in [-0.25, -0.2) is 3.97 Å². The SMILES string of the molecule is Cc1cn(S(=O)(=O)NC(C)(C)C)c2ccccc12. The summed E-state index contributed by atoms with van der Waals surface area (Å²) in [5.74, 6) is 0. The van der Waals surface area contributed by atoms with Crippen LogP contribution in [0.25, 0.3) is 10.9 Å². The summed E-state index contributed by atoms with van der Waals surface area (Å²) < 4.78 is 28.6. The quantitative estimate of drug-likeness (QED) is 0.907. The molecule has 0 radical (unpaired) electrons. The molecule has 1 aromatic heterocycles. The zero-order chi connectivity index (χ0) is 13.6. The van der Waals surface area contributed by atoms with Gasteiger partial charge in [0.2, 0.25) is 0 Å². The van der Waals surface area contributed by atoms with Gasteiger partial charge in [-0.2, -0.15) is 13.1 Å². The summed E-state index contributed by atoms with van der Waals surface area (Å²) in [6, 6.07) is 7.48. The molecule has 0 saturated carbocycles. The first kappa shape index (κ1) is 13.1. The number of nitrogens with one attached hydrogen (secondary N) is 1. The second kappa shape index (κ2) is 4.10. The average Bonchev–Trinajstić information content (AvgIpc) is 2.54. The van der Waals surface area contributed by atoms with E-state index in [2.05, 4.69) is 4.72 Å². The van der Waals surface area contributed by atoms with Crippen molar-refractivity contribution in [2.75, 3.05) is 0 Å². The molecule has 18 heavy (non-hydrogen) atoms. The fraction of sp³-hybridized carbons (Fsp3) is 0.385. The minimum atomic E-state index is -3.56. The van der Waals surface area contributed by atoms with Crippen molar-refractivity contribution < 1.29 is 8.42 Å². The smallest absolute Gasteiger partial charge is 0.232 e. The van der Waals surface area contributed by atoms with Gasteiger partial charge in [-0.05, 0) is 39.3 Å². The molecule has 4 nitrogen and oxygen atoms in total. The van der Waals surface area contributed by atoms with Crippen molar-refractivity contribution in [1.29, 1.82) is 0 Å². The molecule has 0 spiro atoms. The summed E-state index contributed by atoms with van der Waals surface area (Å²) >= 11 is 0. The molecule has 0 bridgehead atoms. The van der Waals surface area contributed by atoms with E-state index in [9.17, 15) is 8.42 Å². The van der Waals surface area contributed by atoms with Crippen LogP contribution in [0.2, 0.25) is 0 Å². The van der Waals surface area contributed by atoms with Gasteiger partial charge in [0.05, 0.1) is 5.52 Å². The van der Waals surface area contributed by atoms with E-state index in [-0.39, 0.29) is 0 Å². The predicted molar refractivity (Wildman–Crippen MR) is 73.9 cm³/mol. The minimum Gasteiger partial charge on any atom is -0.232 e. The van der Waals surface area contributed by atoms with Crippen LogP contribution in [0, 0.1) is 6.92 Å². The van der Waals surface area contributed by atoms with Gasteiger partial charge in [-0.3, -0.25) is 0 Å². The highest BCUT2D eigenvalue weighted by Crippen LogP contribution is 2.22. The molecule has 98 valence electrons. The van der Waals surface area contributed by atoms with Crippen LogP contribution in [0.15, 0.2) is 30.5 Å². The van der Waals surface area contributed by atoms with Gasteiger partial charge in [-0.15, -0.1) is 0 Å². The van der Waals surface area contributed by atoms with E-state index in [0.717, 1.165) is 10.9 Å². The standard InChI is InChI=1S/C13H18N2O2S/c1-10-9-15(12-8-6-5-7-11(10)12)18(16,17)14-13(2,3)4/h5-9,14H,1-4H3. The Morgan fingerprint density at radius 1 is 1.17 bits per heavy atom. The molecule has 2 aromatic rings. The number of para-hydroxylation sites is 1. The van der Waals surface area contributed by atoms with Crippen LogP contribution in [-0.4, -0.2) is 17.9 Å². The van der Waals surface area contributed by atoms with Gasteiger partial charge in [-0.1, -0.05) is 18.2 Å². The lowest BCUT2D eigenvalue weighted by atomic mass is 10.1. The Balaban J connectivity index is 2.62. The molecule has 0 aliphatic rings. The number of hydrogen-bond acceptors (Lipinski definition) is 2. The molecule has 0 amide bonds. The number of fused-ring (bicyclic) bond motifs is 1. The van der Waals surface area contributed by atoms with Crippen molar-refractivity contribution in [3.05, 3.63) is 36.0 Å². The molecule has 1 N–H and O–H groups in total. The zero-order valence-electron chi connectivity index (χ0n) is 11.1. The molecule has 2 rings (SSSR count). The van der Waals surface area contributed by atoms with Crippen LogP contribution >= 0.6 is 0 Å². The van der Waals surface area contributed by atoms with Crippen molar-refractivity contribution >= 4 is 21.1 Å². The topological polar surface area (TPSA) is 51.1 Å².